The van der Waals surface area contributed by atoms with Crippen LogP contribution in [0.2, 0.25) is 0 Å². The average molecular weight is 495 g/mol. The lowest BCUT2D eigenvalue weighted by molar-refractivity contribution is -0.144. The largest absolute Gasteiger partial charge is 0.461 e. The number of aromatic nitrogens is 4. The summed E-state index contributed by atoms with van der Waals surface area (Å²) in [6.07, 6.45) is -2.84. The molecular weight excluding hydrogens is 465 g/mol. The molecule has 0 radical (unpaired) electrons. The lowest BCUT2D eigenvalue weighted by Crippen LogP contribution is -2.31. The first-order valence-corrected chi connectivity index (χ1v) is 11.5. The molecule has 8 nitrogen and oxygen atoms in total. The van der Waals surface area contributed by atoms with E-state index in [0.29, 0.717) is 18.9 Å². The fourth-order valence-corrected chi connectivity index (χ4v) is 3.78. The number of hydrogen-bond donors (Lipinski definition) is 1. The van der Waals surface area contributed by atoms with E-state index < -0.39 is 29.0 Å². The Labute approximate surface area is 199 Å². The molecule has 1 aromatic carbocycles. The fraction of sp³-hybridized carbons (Fsp3) is 0.500. The molecule has 2 aromatic heterocycles. The van der Waals surface area contributed by atoms with E-state index in [0.717, 1.165) is 25.0 Å². The molecule has 0 amide bonds. The second-order valence-electron chi connectivity index (χ2n) is 8.83. The molecule has 0 unspecified atom stereocenters. The summed E-state index contributed by atoms with van der Waals surface area (Å²) in [4.78, 5) is 44.3. The van der Waals surface area contributed by atoms with Crippen molar-refractivity contribution in [3.8, 4) is 0 Å². The average Bonchev–Trinajstić information content (AvgIpc) is 3.13. The highest BCUT2D eigenvalue weighted by molar-refractivity contribution is 5.72. The normalized spacial score (nSPS) is 12.0. The molecule has 0 aliphatic heterocycles. The van der Waals surface area contributed by atoms with E-state index >= 15 is 0 Å². The van der Waals surface area contributed by atoms with E-state index in [2.05, 4.69) is 9.97 Å². The predicted molar refractivity (Wildman–Crippen MR) is 124 cm³/mol. The number of benzene rings is 1. The number of unbranched alkanes of at least 4 members (excludes halogenated alkanes) is 1. The molecule has 3 aromatic rings. The maximum atomic E-state index is 12.9. The Morgan fingerprint density at radius 1 is 1.20 bits per heavy atom. The molecule has 0 fully saturated rings. The number of fused-ring (bicyclic) bond motifs is 1. The lowest BCUT2D eigenvalue weighted by atomic mass is 10.1. The van der Waals surface area contributed by atoms with Gasteiger partial charge in [-0.2, -0.15) is 13.2 Å². The van der Waals surface area contributed by atoms with Crippen molar-refractivity contribution in [3.05, 3.63) is 62.1 Å². The van der Waals surface area contributed by atoms with Gasteiger partial charge in [0.15, 0.2) is 11.2 Å². The predicted octanol–water partition coefficient (Wildman–Crippen LogP) is 4.04. The number of nitrogens with one attached hydrogen (secondary N) is 1. The van der Waals surface area contributed by atoms with E-state index in [4.69, 9.17) is 4.74 Å². The first-order valence-electron chi connectivity index (χ1n) is 11.5. The Hall–Kier alpha value is -3.37. The van der Waals surface area contributed by atoms with Gasteiger partial charge in [0.25, 0.3) is 5.56 Å². The second-order valence-corrected chi connectivity index (χ2v) is 8.83. The van der Waals surface area contributed by atoms with Crippen LogP contribution in [0.4, 0.5) is 13.2 Å². The van der Waals surface area contributed by atoms with Crippen molar-refractivity contribution >= 4 is 17.1 Å². The highest BCUT2D eigenvalue weighted by atomic mass is 19.4. The molecular formula is C24H29F3N4O4. The summed E-state index contributed by atoms with van der Waals surface area (Å²) in [6, 6.07) is 4.60. The van der Waals surface area contributed by atoms with E-state index in [1.807, 2.05) is 20.8 Å². The van der Waals surface area contributed by atoms with Gasteiger partial charge in [-0.25, -0.2) is 9.78 Å². The number of alkyl halides is 3. The number of nitrogens with zero attached hydrogens (tertiary/aromatic N) is 3. The van der Waals surface area contributed by atoms with Crippen molar-refractivity contribution < 1.29 is 22.7 Å². The highest BCUT2D eigenvalue weighted by Gasteiger charge is 2.30. The molecule has 0 bridgehead atoms. The summed E-state index contributed by atoms with van der Waals surface area (Å²) >= 11 is 0. The number of carbonyl (C=O) groups excluding carboxylic acids is 1. The number of halogens is 3. The van der Waals surface area contributed by atoms with Gasteiger partial charge in [0.05, 0.1) is 12.0 Å². The number of ether oxygens (including phenoxy) is 1. The van der Waals surface area contributed by atoms with Crippen LogP contribution in [0.5, 0.6) is 0 Å². The van der Waals surface area contributed by atoms with Crippen LogP contribution in [0.25, 0.3) is 11.2 Å². The van der Waals surface area contributed by atoms with Crippen LogP contribution in [0, 0.1) is 5.92 Å². The van der Waals surface area contributed by atoms with Crippen LogP contribution in [0.1, 0.15) is 57.0 Å². The van der Waals surface area contributed by atoms with Gasteiger partial charge >= 0.3 is 17.8 Å². The zero-order valence-electron chi connectivity index (χ0n) is 19.9. The molecule has 2 heterocycles. The Balaban J connectivity index is 1.80. The number of aryl methyl sites for hydroxylation is 2. The van der Waals surface area contributed by atoms with Crippen LogP contribution < -0.4 is 11.2 Å². The zero-order valence-corrected chi connectivity index (χ0v) is 19.9. The van der Waals surface area contributed by atoms with Gasteiger partial charge in [0.2, 0.25) is 0 Å². The van der Waals surface area contributed by atoms with Crippen LogP contribution in [-0.2, 0) is 41.8 Å². The quantitative estimate of drug-likeness (QED) is 0.429. The van der Waals surface area contributed by atoms with E-state index in [1.54, 1.807) is 4.57 Å². The van der Waals surface area contributed by atoms with Gasteiger partial charge < -0.3 is 9.30 Å². The van der Waals surface area contributed by atoms with Crippen molar-refractivity contribution in [2.75, 3.05) is 0 Å². The number of carbonyl (C=O) groups is 1. The Kier molecular flexibility index (Phi) is 8.18. The summed E-state index contributed by atoms with van der Waals surface area (Å²) in [5, 5.41) is 0. The molecule has 3 rings (SSSR count). The molecule has 0 atom stereocenters. The minimum atomic E-state index is -4.48. The first kappa shape index (κ1) is 26.2. The van der Waals surface area contributed by atoms with Gasteiger partial charge in [-0.3, -0.25) is 19.1 Å². The number of esters is 1. The van der Waals surface area contributed by atoms with Gasteiger partial charge in [-0.1, -0.05) is 39.3 Å². The number of hydrogen-bond acceptors (Lipinski definition) is 5. The first-order chi connectivity index (χ1) is 16.5. The van der Waals surface area contributed by atoms with Gasteiger partial charge in [-0.15, -0.1) is 0 Å². The van der Waals surface area contributed by atoms with Gasteiger partial charge in [-0.05, 0) is 30.0 Å². The van der Waals surface area contributed by atoms with Gasteiger partial charge in [0.1, 0.15) is 12.4 Å². The second kappa shape index (κ2) is 10.9. The molecule has 0 aliphatic carbocycles. The van der Waals surface area contributed by atoms with Gasteiger partial charge in [0, 0.05) is 19.5 Å². The SMILES string of the molecule is CCCCn1c(=O)[nH]c(=O)c2c1nc(CCC(=O)OCc1cccc(C(F)(F)F)c1)n2CC(C)C. The molecule has 0 aliphatic rings. The molecule has 0 spiro atoms. The smallest absolute Gasteiger partial charge is 0.416 e. The van der Waals surface area contributed by atoms with E-state index in [1.165, 1.54) is 16.7 Å². The fourth-order valence-electron chi connectivity index (χ4n) is 3.78. The van der Waals surface area contributed by atoms with Crippen LogP contribution in [-0.4, -0.2) is 25.1 Å². The number of H-pyrrole nitrogens is 1. The molecule has 0 saturated carbocycles. The van der Waals surface area contributed by atoms with Crippen molar-refractivity contribution in [2.45, 2.75) is 72.3 Å². The summed E-state index contributed by atoms with van der Waals surface area (Å²) in [6.45, 7) is 6.50. The van der Waals surface area contributed by atoms with Crippen LogP contribution in [0.3, 0.4) is 0 Å². The number of rotatable bonds is 10. The molecule has 1 N–H and O–H groups in total. The van der Waals surface area contributed by atoms with Crippen molar-refractivity contribution in [1.82, 2.24) is 19.1 Å². The molecule has 0 saturated heterocycles. The third-order valence-electron chi connectivity index (χ3n) is 5.45. The number of aromatic amines is 1. The Morgan fingerprint density at radius 3 is 2.60 bits per heavy atom. The Morgan fingerprint density at radius 2 is 1.94 bits per heavy atom. The van der Waals surface area contributed by atoms with Crippen molar-refractivity contribution in [1.29, 1.82) is 0 Å². The molecule has 35 heavy (non-hydrogen) atoms. The monoisotopic (exact) mass is 494 g/mol. The lowest BCUT2D eigenvalue weighted by Gasteiger charge is -2.12. The summed E-state index contributed by atoms with van der Waals surface area (Å²) in [5.74, 6) is 0.0170. The minimum absolute atomic E-state index is 0.0858. The molecule has 11 heteroatoms. The minimum Gasteiger partial charge on any atom is -0.461 e. The third kappa shape index (κ3) is 6.40. The van der Waals surface area contributed by atoms with E-state index in [-0.39, 0.29) is 42.1 Å². The topological polar surface area (TPSA) is 99.0 Å². The van der Waals surface area contributed by atoms with Crippen LogP contribution in [0.15, 0.2) is 33.9 Å². The van der Waals surface area contributed by atoms with Crippen molar-refractivity contribution in [3.63, 3.8) is 0 Å². The number of imidazole rings is 1. The summed E-state index contributed by atoms with van der Waals surface area (Å²) in [5.41, 5.74) is -1.09. The Bertz CT molecular complexity index is 1300. The summed E-state index contributed by atoms with van der Waals surface area (Å²) in [7, 11) is 0. The maximum absolute atomic E-state index is 12.9. The summed E-state index contributed by atoms with van der Waals surface area (Å²) < 4.78 is 47.0. The maximum Gasteiger partial charge on any atom is 0.416 e. The van der Waals surface area contributed by atoms with Crippen molar-refractivity contribution in [2.24, 2.45) is 5.92 Å². The zero-order chi connectivity index (χ0) is 25.8. The highest BCUT2D eigenvalue weighted by Crippen LogP contribution is 2.29. The third-order valence-corrected chi connectivity index (χ3v) is 5.45. The molecule has 190 valence electrons. The van der Waals surface area contributed by atoms with E-state index in [9.17, 15) is 27.6 Å². The van der Waals surface area contributed by atoms with Crippen LogP contribution >= 0.6 is 0 Å². The standard InChI is InChI=1S/C24H29F3N4O4/c1-4-5-11-30-21-20(22(33)29-23(30)34)31(13-15(2)3)18(28-21)9-10-19(32)35-14-16-7-6-8-17(12-16)24(25,26)27/h6-8,12,15H,4-5,9-11,13-14H2,1-3H3,(H,29,33,34).